The number of ether oxygens (including phenoxy) is 2. The van der Waals surface area contributed by atoms with Gasteiger partial charge in [0.1, 0.15) is 11.5 Å². The number of benzene rings is 2. The summed E-state index contributed by atoms with van der Waals surface area (Å²) in [5.74, 6) is 1.67. The maximum Gasteiger partial charge on any atom is 0.129 e. The Bertz CT molecular complexity index is 513. The molecule has 0 aromatic heterocycles. The molecule has 0 radical (unpaired) electrons. The topological polar surface area (TPSA) is 30.5 Å². The van der Waals surface area contributed by atoms with Crippen LogP contribution in [-0.2, 0) is 4.74 Å². The summed E-state index contributed by atoms with van der Waals surface area (Å²) < 4.78 is 11.0. The van der Waals surface area contributed by atoms with Gasteiger partial charge in [0.15, 0.2) is 0 Å². The number of para-hydroxylation sites is 1. The van der Waals surface area contributed by atoms with Crippen LogP contribution in [0.15, 0.2) is 54.6 Å². The average molecular weight is 271 g/mol. The molecule has 2 rings (SSSR count). The summed E-state index contributed by atoms with van der Waals surface area (Å²) in [5.41, 5.74) is 1.04. The first kappa shape index (κ1) is 14.4. The van der Waals surface area contributed by atoms with E-state index in [-0.39, 0.29) is 0 Å². The van der Waals surface area contributed by atoms with Gasteiger partial charge in [-0.15, -0.1) is 0 Å². The minimum absolute atomic E-state index is 0.312. The fraction of sp³-hybridized carbons (Fsp3) is 0.294. The van der Waals surface area contributed by atoms with Crippen LogP contribution in [0.4, 0.5) is 5.69 Å². The summed E-state index contributed by atoms with van der Waals surface area (Å²) in [6.45, 7) is 2.83. The minimum atomic E-state index is 0.312. The van der Waals surface area contributed by atoms with Crippen LogP contribution < -0.4 is 10.1 Å². The van der Waals surface area contributed by atoms with Gasteiger partial charge in [-0.1, -0.05) is 31.2 Å². The maximum atomic E-state index is 5.82. The van der Waals surface area contributed by atoms with Crippen molar-refractivity contribution < 1.29 is 9.47 Å². The molecule has 1 unspecified atom stereocenters. The van der Waals surface area contributed by atoms with E-state index in [0.29, 0.717) is 12.6 Å². The smallest absolute Gasteiger partial charge is 0.129 e. The van der Waals surface area contributed by atoms with E-state index in [4.69, 9.17) is 9.47 Å². The molecule has 2 aromatic rings. The van der Waals surface area contributed by atoms with Crippen LogP contribution in [0, 0.1) is 0 Å². The Balaban J connectivity index is 2.04. The second-order valence-corrected chi connectivity index (χ2v) is 4.65. The summed E-state index contributed by atoms with van der Waals surface area (Å²) in [6, 6.07) is 18.1. The standard InChI is InChI=1S/C17H21NO2/c1-3-14(13-19-2)18-15-8-7-11-17(12-15)20-16-9-5-4-6-10-16/h4-12,14,18H,3,13H2,1-2H3. The molecule has 0 saturated heterocycles. The van der Waals surface area contributed by atoms with Crippen molar-refractivity contribution in [1.29, 1.82) is 0 Å². The van der Waals surface area contributed by atoms with Gasteiger partial charge >= 0.3 is 0 Å². The average Bonchev–Trinajstić information content (AvgIpc) is 2.48. The molecule has 106 valence electrons. The molecule has 0 bridgehead atoms. The monoisotopic (exact) mass is 271 g/mol. The molecule has 3 heteroatoms. The molecule has 0 aliphatic carbocycles. The highest BCUT2D eigenvalue weighted by Crippen LogP contribution is 2.24. The minimum Gasteiger partial charge on any atom is -0.457 e. The number of rotatable bonds is 7. The first-order chi connectivity index (χ1) is 9.81. The van der Waals surface area contributed by atoms with E-state index >= 15 is 0 Å². The number of methoxy groups -OCH3 is 1. The number of hydrogen-bond donors (Lipinski definition) is 1. The van der Waals surface area contributed by atoms with Crippen LogP contribution in [0.1, 0.15) is 13.3 Å². The Hall–Kier alpha value is -2.00. The zero-order valence-electron chi connectivity index (χ0n) is 12.0. The normalized spacial score (nSPS) is 11.9. The third kappa shape index (κ3) is 4.28. The van der Waals surface area contributed by atoms with Gasteiger partial charge in [-0.05, 0) is 30.7 Å². The number of anilines is 1. The van der Waals surface area contributed by atoms with Gasteiger partial charge in [0.25, 0.3) is 0 Å². The Morgan fingerprint density at radius 1 is 1.00 bits per heavy atom. The van der Waals surface area contributed by atoms with Gasteiger partial charge < -0.3 is 14.8 Å². The van der Waals surface area contributed by atoms with E-state index in [2.05, 4.69) is 12.2 Å². The fourth-order valence-corrected chi connectivity index (χ4v) is 1.97. The van der Waals surface area contributed by atoms with E-state index in [0.717, 1.165) is 23.6 Å². The lowest BCUT2D eigenvalue weighted by molar-refractivity contribution is 0.184. The van der Waals surface area contributed by atoms with Gasteiger partial charge in [0.2, 0.25) is 0 Å². The lowest BCUT2D eigenvalue weighted by Gasteiger charge is -2.17. The predicted octanol–water partition coefficient (Wildman–Crippen LogP) is 4.32. The van der Waals surface area contributed by atoms with E-state index < -0.39 is 0 Å². The summed E-state index contributed by atoms with van der Waals surface area (Å²) in [4.78, 5) is 0. The van der Waals surface area contributed by atoms with Gasteiger partial charge in [-0.3, -0.25) is 0 Å². The van der Waals surface area contributed by atoms with Crippen molar-refractivity contribution in [3.05, 3.63) is 54.6 Å². The Kier molecular flexibility index (Phi) is 5.44. The number of hydrogen-bond acceptors (Lipinski definition) is 3. The van der Waals surface area contributed by atoms with Crippen LogP contribution in [0.5, 0.6) is 11.5 Å². The molecule has 0 aliphatic rings. The van der Waals surface area contributed by atoms with Gasteiger partial charge in [-0.25, -0.2) is 0 Å². The third-order valence-electron chi connectivity index (χ3n) is 3.04. The number of nitrogens with one attached hydrogen (secondary N) is 1. The van der Waals surface area contributed by atoms with Crippen molar-refractivity contribution >= 4 is 5.69 Å². The second-order valence-electron chi connectivity index (χ2n) is 4.65. The quantitative estimate of drug-likeness (QED) is 0.813. The van der Waals surface area contributed by atoms with Crippen LogP contribution in [0.2, 0.25) is 0 Å². The Morgan fingerprint density at radius 3 is 2.45 bits per heavy atom. The molecular formula is C17H21NO2. The van der Waals surface area contributed by atoms with E-state index in [1.165, 1.54) is 0 Å². The van der Waals surface area contributed by atoms with Crippen LogP contribution in [0.25, 0.3) is 0 Å². The largest absolute Gasteiger partial charge is 0.457 e. The van der Waals surface area contributed by atoms with Crippen LogP contribution >= 0.6 is 0 Å². The molecule has 0 amide bonds. The van der Waals surface area contributed by atoms with Gasteiger partial charge in [-0.2, -0.15) is 0 Å². The molecule has 20 heavy (non-hydrogen) atoms. The highest BCUT2D eigenvalue weighted by atomic mass is 16.5. The highest BCUT2D eigenvalue weighted by molar-refractivity contribution is 5.49. The Labute approximate surface area is 120 Å². The van der Waals surface area contributed by atoms with Crippen molar-refractivity contribution in [3.8, 4) is 11.5 Å². The zero-order valence-corrected chi connectivity index (χ0v) is 12.0. The molecule has 0 saturated carbocycles. The van der Waals surface area contributed by atoms with Gasteiger partial charge in [0, 0.05) is 24.9 Å². The van der Waals surface area contributed by atoms with E-state index in [1.54, 1.807) is 7.11 Å². The molecular weight excluding hydrogens is 250 g/mol. The zero-order chi connectivity index (χ0) is 14.2. The van der Waals surface area contributed by atoms with Crippen molar-refractivity contribution in [1.82, 2.24) is 0 Å². The lowest BCUT2D eigenvalue weighted by atomic mass is 10.2. The van der Waals surface area contributed by atoms with Crippen LogP contribution in [0.3, 0.4) is 0 Å². The first-order valence-electron chi connectivity index (χ1n) is 6.90. The Morgan fingerprint density at radius 2 is 1.75 bits per heavy atom. The van der Waals surface area contributed by atoms with Crippen molar-refractivity contribution in [2.75, 3.05) is 19.0 Å². The molecule has 2 aromatic carbocycles. The first-order valence-corrected chi connectivity index (χ1v) is 6.90. The molecule has 0 spiro atoms. The maximum absolute atomic E-state index is 5.82. The second kappa shape index (κ2) is 7.56. The van der Waals surface area contributed by atoms with Gasteiger partial charge in [0.05, 0.1) is 6.61 Å². The van der Waals surface area contributed by atoms with Crippen molar-refractivity contribution in [3.63, 3.8) is 0 Å². The molecule has 1 N–H and O–H groups in total. The summed E-state index contributed by atoms with van der Waals surface area (Å²) in [7, 11) is 1.72. The SMILES string of the molecule is CCC(COC)Nc1cccc(Oc2ccccc2)c1. The van der Waals surface area contributed by atoms with E-state index in [9.17, 15) is 0 Å². The molecule has 0 heterocycles. The molecule has 0 fully saturated rings. The molecule has 3 nitrogen and oxygen atoms in total. The van der Waals surface area contributed by atoms with Crippen LogP contribution in [-0.4, -0.2) is 19.8 Å². The summed E-state index contributed by atoms with van der Waals surface area (Å²) >= 11 is 0. The van der Waals surface area contributed by atoms with E-state index in [1.807, 2.05) is 54.6 Å². The third-order valence-corrected chi connectivity index (χ3v) is 3.04. The van der Waals surface area contributed by atoms with Crippen molar-refractivity contribution in [2.24, 2.45) is 0 Å². The molecule has 0 aliphatic heterocycles. The fourth-order valence-electron chi connectivity index (χ4n) is 1.97. The lowest BCUT2D eigenvalue weighted by Crippen LogP contribution is -2.23. The summed E-state index contributed by atoms with van der Waals surface area (Å²) in [6.07, 6.45) is 1.01. The van der Waals surface area contributed by atoms with Crippen molar-refractivity contribution in [2.45, 2.75) is 19.4 Å². The predicted molar refractivity (Wildman–Crippen MR) is 82.5 cm³/mol. The summed E-state index contributed by atoms with van der Waals surface area (Å²) in [5, 5.41) is 3.45. The molecule has 1 atom stereocenters. The highest BCUT2D eigenvalue weighted by Gasteiger charge is 2.06.